The van der Waals surface area contributed by atoms with E-state index in [0.29, 0.717) is 0 Å². The molecule has 1 aromatic heterocycles. The van der Waals surface area contributed by atoms with Gasteiger partial charge in [-0.15, -0.1) is 0 Å². The maximum atomic E-state index is 12.6. The number of benzene rings is 1. The van der Waals surface area contributed by atoms with Gasteiger partial charge in [0.25, 0.3) is 0 Å². The van der Waals surface area contributed by atoms with Gasteiger partial charge in [-0.3, -0.25) is 4.90 Å². The number of aryl methyl sites for hydroxylation is 1. The van der Waals surface area contributed by atoms with Gasteiger partial charge in [-0.2, -0.15) is 9.78 Å². The van der Waals surface area contributed by atoms with Crippen LogP contribution in [0.15, 0.2) is 36.7 Å². The van der Waals surface area contributed by atoms with Gasteiger partial charge in [0.1, 0.15) is 0 Å². The minimum absolute atomic E-state index is 0.00104. The molecule has 2 fully saturated rings. The van der Waals surface area contributed by atoms with Crippen molar-refractivity contribution in [3.05, 3.63) is 52.8 Å². The van der Waals surface area contributed by atoms with Gasteiger partial charge < -0.3 is 4.90 Å². The van der Waals surface area contributed by atoms with Gasteiger partial charge in [-0.05, 0) is 49.6 Å². The van der Waals surface area contributed by atoms with Crippen molar-refractivity contribution in [3.8, 4) is 0 Å². The molecule has 1 atom stereocenters. The van der Waals surface area contributed by atoms with Gasteiger partial charge >= 0.3 is 6.03 Å². The Morgan fingerprint density at radius 3 is 2.68 bits per heavy atom. The number of nitrogens with zero attached hydrogens (tertiary/aromatic N) is 4. The summed E-state index contributed by atoms with van der Waals surface area (Å²) in [5.41, 5.74) is 2.54. The first-order valence-corrected chi connectivity index (χ1v) is 9.18. The normalized spacial score (nSPS) is 23.7. The SMILES string of the molecule is Cc1cnn(C(=O)N2CCC3(CCN(Cc4ccc(Cl)cc4)C3)C2)c1. The largest absolute Gasteiger partial charge is 0.344 e. The van der Waals surface area contributed by atoms with Crippen molar-refractivity contribution >= 4 is 17.6 Å². The first kappa shape index (κ1) is 16.6. The molecule has 2 aliphatic heterocycles. The van der Waals surface area contributed by atoms with E-state index in [1.165, 1.54) is 10.2 Å². The summed E-state index contributed by atoms with van der Waals surface area (Å²) < 4.78 is 1.47. The van der Waals surface area contributed by atoms with Crippen LogP contribution in [0.4, 0.5) is 4.79 Å². The lowest BCUT2D eigenvalue weighted by Crippen LogP contribution is -2.36. The Labute approximate surface area is 153 Å². The van der Waals surface area contributed by atoms with Crippen molar-refractivity contribution in [2.24, 2.45) is 5.41 Å². The lowest BCUT2D eigenvalue weighted by molar-refractivity contribution is 0.196. The molecule has 2 aromatic rings. The van der Waals surface area contributed by atoms with E-state index < -0.39 is 0 Å². The maximum absolute atomic E-state index is 12.6. The van der Waals surface area contributed by atoms with Gasteiger partial charge in [0, 0.05) is 42.8 Å². The Morgan fingerprint density at radius 2 is 1.96 bits per heavy atom. The van der Waals surface area contributed by atoms with E-state index in [2.05, 4.69) is 22.1 Å². The summed E-state index contributed by atoms with van der Waals surface area (Å²) in [7, 11) is 0. The van der Waals surface area contributed by atoms with Crippen LogP contribution in [0.2, 0.25) is 5.02 Å². The Bertz CT molecular complexity index is 772. The van der Waals surface area contributed by atoms with Crippen LogP contribution in [0, 0.1) is 12.3 Å². The minimum Gasteiger partial charge on any atom is -0.322 e. The first-order valence-electron chi connectivity index (χ1n) is 8.80. The van der Waals surface area contributed by atoms with Crippen molar-refractivity contribution in [1.82, 2.24) is 19.6 Å². The van der Waals surface area contributed by atoms with Crippen molar-refractivity contribution in [2.45, 2.75) is 26.3 Å². The zero-order chi connectivity index (χ0) is 17.4. The third-order valence-corrected chi connectivity index (χ3v) is 5.71. The molecule has 1 unspecified atom stereocenters. The average Bonchev–Trinajstić information content (AvgIpc) is 3.31. The molecule has 1 aromatic carbocycles. The molecule has 132 valence electrons. The molecule has 1 amide bonds. The maximum Gasteiger partial charge on any atom is 0.344 e. The van der Waals surface area contributed by atoms with Crippen LogP contribution in [-0.4, -0.2) is 51.8 Å². The third kappa shape index (κ3) is 3.44. The van der Waals surface area contributed by atoms with Gasteiger partial charge in [-0.25, -0.2) is 4.79 Å². The van der Waals surface area contributed by atoms with Crippen LogP contribution in [0.5, 0.6) is 0 Å². The Balaban J connectivity index is 1.38. The number of carbonyl (C=O) groups is 1. The number of carbonyl (C=O) groups excluding carboxylic acids is 1. The van der Waals surface area contributed by atoms with Crippen molar-refractivity contribution in [1.29, 1.82) is 0 Å². The molecule has 0 N–H and O–H groups in total. The van der Waals surface area contributed by atoms with E-state index in [0.717, 1.165) is 56.2 Å². The highest BCUT2D eigenvalue weighted by molar-refractivity contribution is 6.30. The number of likely N-dealkylation sites (tertiary alicyclic amines) is 2. The fourth-order valence-electron chi connectivity index (χ4n) is 4.10. The van der Waals surface area contributed by atoms with Crippen LogP contribution in [0.25, 0.3) is 0 Å². The highest BCUT2D eigenvalue weighted by atomic mass is 35.5. The Hall–Kier alpha value is -1.85. The number of halogens is 1. The predicted octanol–water partition coefficient (Wildman–Crippen LogP) is 3.41. The van der Waals surface area contributed by atoms with Crippen molar-refractivity contribution in [2.75, 3.05) is 26.2 Å². The number of hydrogen-bond donors (Lipinski definition) is 0. The van der Waals surface area contributed by atoms with Crippen molar-refractivity contribution in [3.63, 3.8) is 0 Å². The summed E-state index contributed by atoms with van der Waals surface area (Å²) >= 11 is 5.97. The zero-order valence-electron chi connectivity index (χ0n) is 14.5. The monoisotopic (exact) mass is 358 g/mol. The Morgan fingerprint density at radius 1 is 1.20 bits per heavy atom. The average molecular weight is 359 g/mol. The number of amides is 1. The van der Waals surface area contributed by atoms with E-state index in [-0.39, 0.29) is 11.4 Å². The summed E-state index contributed by atoms with van der Waals surface area (Å²) in [6.07, 6.45) is 5.76. The minimum atomic E-state index is 0.00104. The van der Waals surface area contributed by atoms with Gasteiger partial charge in [0.2, 0.25) is 0 Å². The topological polar surface area (TPSA) is 41.4 Å². The molecule has 0 radical (unpaired) electrons. The molecular formula is C19H23ClN4O. The van der Waals surface area contributed by atoms with Gasteiger partial charge in [0.15, 0.2) is 0 Å². The van der Waals surface area contributed by atoms with Crippen LogP contribution >= 0.6 is 11.6 Å². The van der Waals surface area contributed by atoms with Gasteiger partial charge in [-0.1, -0.05) is 23.7 Å². The molecule has 0 aliphatic carbocycles. The van der Waals surface area contributed by atoms with E-state index in [9.17, 15) is 4.79 Å². The molecule has 1 spiro atoms. The van der Waals surface area contributed by atoms with E-state index in [4.69, 9.17) is 11.6 Å². The van der Waals surface area contributed by atoms with Crippen LogP contribution in [0.1, 0.15) is 24.0 Å². The molecule has 0 bridgehead atoms. The fraction of sp³-hybridized carbons (Fsp3) is 0.474. The zero-order valence-corrected chi connectivity index (χ0v) is 15.2. The summed E-state index contributed by atoms with van der Waals surface area (Å²) in [6.45, 7) is 6.70. The molecular weight excluding hydrogens is 336 g/mol. The fourth-order valence-corrected chi connectivity index (χ4v) is 4.23. The Kier molecular flexibility index (Phi) is 4.29. The summed E-state index contributed by atoms with van der Waals surface area (Å²) in [4.78, 5) is 17.1. The molecule has 4 rings (SSSR count). The second-order valence-corrected chi connectivity index (χ2v) is 7.94. The second kappa shape index (κ2) is 6.46. The molecule has 2 aliphatic rings. The molecule has 6 heteroatoms. The highest BCUT2D eigenvalue weighted by Crippen LogP contribution is 2.40. The molecule has 3 heterocycles. The van der Waals surface area contributed by atoms with Crippen molar-refractivity contribution < 1.29 is 4.79 Å². The number of aromatic nitrogens is 2. The van der Waals surface area contributed by atoms with Crippen LogP contribution in [-0.2, 0) is 6.54 Å². The molecule has 2 saturated heterocycles. The molecule has 0 saturated carbocycles. The third-order valence-electron chi connectivity index (χ3n) is 5.45. The predicted molar refractivity (Wildman–Crippen MR) is 97.7 cm³/mol. The van der Waals surface area contributed by atoms with Gasteiger partial charge in [0.05, 0.1) is 6.20 Å². The van der Waals surface area contributed by atoms with E-state index >= 15 is 0 Å². The lowest BCUT2D eigenvalue weighted by Gasteiger charge is -2.24. The summed E-state index contributed by atoms with van der Waals surface area (Å²) in [5, 5.41) is 4.94. The standard InChI is InChI=1S/C19H23ClN4O/c1-15-10-21-24(11-15)18(25)23-9-7-19(14-23)6-8-22(13-19)12-16-2-4-17(20)5-3-16/h2-5,10-11H,6-9,12-14H2,1H3. The number of hydrogen-bond acceptors (Lipinski definition) is 3. The van der Waals surface area contributed by atoms with E-state index in [1.54, 1.807) is 12.4 Å². The van der Waals surface area contributed by atoms with Crippen LogP contribution < -0.4 is 0 Å². The number of rotatable bonds is 2. The van der Waals surface area contributed by atoms with Crippen LogP contribution in [0.3, 0.4) is 0 Å². The second-order valence-electron chi connectivity index (χ2n) is 7.50. The summed E-state index contributed by atoms with van der Waals surface area (Å²) in [5.74, 6) is 0. The molecule has 25 heavy (non-hydrogen) atoms. The summed E-state index contributed by atoms with van der Waals surface area (Å²) in [6, 6.07) is 8.09. The smallest absolute Gasteiger partial charge is 0.322 e. The first-order chi connectivity index (χ1) is 12.0. The highest BCUT2D eigenvalue weighted by Gasteiger charge is 2.44. The lowest BCUT2D eigenvalue weighted by atomic mass is 9.86. The molecule has 5 nitrogen and oxygen atoms in total. The quantitative estimate of drug-likeness (QED) is 0.826. The van der Waals surface area contributed by atoms with E-state index in [1.807, 2.05) is 24.0 Å².